The second kappa shape index (κ2) is 5.33. The molecule has 0 spiro atoms. The Morgan fingerprint density at radius 3 is 2.47 bits per heavy atom. The summed E-state index contributed by atoms with van der Waals surface area (Å²) < 4.78 is 5.76. The Hall–Kier alpha value is -1.36. The molecule has 1 heterocycles. The van der Waals surface area contributed by atoms with Crippen LogP contribution in [0.1, 0.15) is 17.5 Å². The van der Waals surface area contributed by atoms with Gasteiger partial charge in [0.1, 0.15) is 0 Å². The van der Waals surface area contributed by atoms with E-state index in [0.29, 0.717) is 6.54 Å². The molecule has 4 nitrogen and oxygen atoms in total. The Bertz CT molecular complexity index is 518. The average molecular weight is 326 g/mol. The molecule has 0 radical (unpaired) electrons. The van der Waals surface area contributed by atoms with Gasteiger partial charge < -0.3 is 9.64 Å². The van der Waals surface area contributed by atoms with Crippen molar-refractivity contribution in [2.24, 2.45) is 5.92 Å². The lowest BCUT2D eigenvalue weighted by Crippen LogP contribution is -2.26. The highest BCUT2D eigenvalue weighted by Gasteiger charge is 2.35. The third-order valence-electron chi connectivity index (χ3n) is 3.39. The molecule has 0 aromatic heterocycles. The quantitative estimate of drug-likeness (QED) is 0.785. The van der Waals surface area contributed by atoms with Gasteiger partial charge in [-0.2, -0.15) is 0 Å². The molecule has 1 saturated heterocycles. The Labute approximate surface area is 120 Å². The van der Waals surface area contributed by atoms with E-state index < -0.39 is 0 Å². The topological polar surface area (TPSA) is 46.6 Å². The first-order valence-electron chi connectivity index (χ1n) is 6.09. The van der Waals surface area contributed by atoms with Crippen molar-refractivity contribution in [3.63, 3.8) is 0 Å². The predicted molar refractivity (Wildman–Crippen MR) is 76.1 cm³/mol. The maximum absolute atomic E-state index is 12.0. The Morgan fingerprint density at radius 2 is 1.95 bits per heavy atom. The van der Waals surface area contributed by atoms with E-state index in [1.54, 1.807) is 4.90 Å². The van der Waals surface area contributed by atoms with Gasteiger partial charge in [0, 0.05) is 23.1 Å². The molecule has 1 aliphatic heterocycles. The third kappa shape index (κ3) is 2.66. The van der Waals surface area contributed by atoms with Crippen LogP contribution in [0.4, 0.5) is 5.69 Å². The first kappa shape index (κ1) is 14.1. The minimum absolute atomic E-state index is 0.0310. The number of benzene rings is 1. The second-order valence-electron chi connectivity index (χ2n) is 4.82. The van der Waals surface area contributed by atoms with Crippen LogP contribution in [-0.2, 0) is 14.3 Å². The fourth-order valence-electron chi connectivity index (χ4n) is 2.36. The number of methoxy groups -OCH3 is 1. The van der Waals surface area contributed by atoms with Crippen molar-refractivity contribution in [3.8, 4) is 0 Å². The Balaban J connectivity index is 2.28. The SMILES string of the molecule is COC(=O)[C@H]1CC(=O)N(c2cc(C)c(Br)c(C)c2)C1. The van der Waals surface area contributed by atoms with Gasteiger partial charge in [-0.15, -0.1) is 0 Å². The lowest BCUT2D eigenvalue weighted by atomic mass is 10.1. The molecule has 0 aliphatic carbocycles. The molecule has 0 N–H and O–H groups in total. The van der Waals surface area contributed by atoms with Gasteiger partial charge in [0.15, 0.2) is 0 Å². The molecule has 1 fully saturated rings. The zero-order chi connectivity index (χ0) is 14.2. The highest BCUT2D eigenvalue weighted by atomic mass is 79.9. The van der Waals surface area contributed by atoms with Crippen LogP contribution >= 0.6 is 15.9 Å². The number of amides is 1. The van der Waals surface area contributed by atoms with Crippen LogP contribution in [0.5, 0.6) is 0 Å². The summed E-state index contributed by atoms with van der Waals surface area (Å²) in [6.45, 7) is 4.36. The maximum atomic E-state index is 12.0. The van der Waals surface area contributed by atoms with E-state index in [-0.39, 0.29) is 24.2 Å². The standard InChI is InChI=1S/C14H16BrNO3/c1-8-4-11(5-9(2)13(8)15)16-7-10(6-12(16)17)14(18)19-3/h4-5,10H,6-7H2,1-3H3/t10-/m0/s1. The average Bonchev–Trinajstić information content (AvgIpc) is 2.76. The minimum atomic E-state index is -0.359. The van der Waals surface area contributed by atoms with Crippen molar-refractivity contribution < 1.29 is 14.3 Å². The van der Waals surface area contributed by atoms with Crippen LogP contribution in [0.2, 0.25) is 0 Å². The monoisotopic (exact) mass is 325 g/mol. The summed E-state index contributed by atoms with van der Waals surface area (Å²) in [4.78, 5) is 25.2. The molecule has 1 aliphatic rings. The zero-order valence-corrected chi connectivity index (χ0v) is 12.8. The van der Waals surface area contributed by atoms with Crippen LogP contribution in [0.15, 0.2) is 16.6 Å². The lowest BCUT2D eigenvalue weighted by molar-refractivity contribution is -0.145. The zero-order valence-electron chi connectivity index (χ0n) is 11.2. The number of carbonyl (C=O) groups is 2. The molecule has 1 aromatic carbocycles. The van der Waals surface area contributed by atoms with Gasteiger partial charge in [-0.25, -0.2) is 0 Å². The molecule has 1 atom stereocenters. The van der Waals surface area contributed by atoms with Crippen molar-refractivity contribution in [1.29, 1.82) is 0 Å². The van der Waals surface area contributed by atoms with E-state index in [0.717, 1.165) is 21.3 Å². The summed E-state index contributed by atoms with van der Waals surface area (Å²) in [7, 11) is 1.35. The summed E-state index contributed by atoms with van der Waals surface area (Å²) in [6.07, 6.45) is 0.223. The predicted octanol–water partition coefficient (Wildman–Crippen LogP) is 2.59. The number of nitrogens with zero attached hydrogens (tertiary/aromatic N) is 1. The fraction of sp³-hybridized carbons (Fsp3) is 0.429. The Kier molecular flexibility index (Phi) is 3.94. The molecule has 0 unspecified atom stereocenters. The molecule has 5 heteroatoms. The van der Waals surface area contributed by atoms with Gasteiger partial charge in [-0.1, -0.05) is 15.9 Å². The second-order valence-corrected chi connectivity index (χ2v) is 5.62. The number of ether oxygens (including phenoxy) is 1. The van der Waals surface area contributed by atoms with Crippen molar-refractivity contribution in [3.05, 3.63) is 27.7 Å². The van der Waals surface area contributed by atoms with E-state index in [9.17, 15) is 9.59 Å². The highest BCUT2D eigenvalue weighted by Crippen LogP contribution is 2.31. The first-order chi connectivity index (χ1) is 8.93. The molecule has 1 aromatic rings. The maximum Gasteiger partial charge on any atom is 0.311 e. The number of anilines is 1. The number of halogens is 1. The molecule has 2 rings (SSSR count). The van der Waals surface area contributed by atoms with E-state index in [1.165, 1.54) is 7.11 Å². The molecule has 0 bridgehead atoms. The van der Waals surface area contributed by atoms with Gasteiger partial charge >= 0.3 is 5.97 Å². The number of carbonyl (C=O) groups excluding carboxylic acids is 2. The van der Waals surface area contributed by atoms with E-state index >= 15 is 0 Å². The van der Waals surface area contributed by atoms with Gasteiger partial charge in [0.25, 0.3) is 0 Å². The smallest absolute Gasteiger partial charge is 0.311 e. The Morgan fingerprint density at radius 1 is 1.37 bits per heavy atom. The van der Waals surface area contributed by atoms with Crippen molar-refractivity contribution >= 4 is 33.5 Å². The fourth-order valence-corrected chi connectivity index (χ4v) is 2.59. The summed E-state index contributed by atoms with van der Waals surface area (Å²) >= 11 is 3.51. The number of esters is 1. The molecule has 102 valence electrons. The number of rotatable bonds is 2. The van der Waals surface area contributed by atoms with Crippen LogP contribution in [0, 0.1) is 19.8 Å². The van der Waals surface area contributed by atoms with Gasteiger partial charge in [0.2, 0.25) is 5.91 Å². The number of hydrogen-bond donors (Lipinski definition) is 0. The van der Waals surface area contributed by atoms with E-state index in [2.05, 4.69) is 15.9 Å². The number of aryl methyl sites for hydroxylation is 2. The number of hydrogen-bond acceptors (Lipinski definition) is 3. The van der Waals surface area contributed by atoms with Crippen LogP contribution < -0.4 is 4.90 Å². The molecule has 0 saturated carbocycles. The van der Waals surface area contributed by atoms with Crippen molar-refractivity contribution in [2.45, 2.75) is 20.3 Å². The minimum Gasteiger partial charge on any atom is -0.469 e. The van der Waals surface area contributed by atoms with Crippen LogP contribution in [-0.4, -0.2) is 25.5 Å². The summed E-state index contributed by atoms with van der Waals surface area (Å²) in [5, 5.41) is 0. The van der Waals surface area contributed by atoms with Crippen molar-refractivity contribution in [2.75, 3.05) is 18.6 Å². The van der Waals surface area contributed by atoms with Crippen molar-refractivity contribution in [1.82, 2.24) is 0 Å². The summed E-state index contributed by atoms with van der Waals surface area (Å²) in [5.74, 6) is -0.709. The summed E-state index contributed by atoms with van der Waals surface area (Å²) in [6, 6.07) is 3.91. The van der Waals surface area contributed by atoms with E-state index in [1.807, 2.05) is 26.0 Å². The molecular weight excluding hydrogens is 310 g/mol. The van der Waals surface area contributed by atoms with E-state index in [4.69, 9.17) is 4.74 Å². The molecular formula is C14H16BrNO3. The highest BCUT2D eigenvalue weighted by molar-refractivity contribution is 9.10. The lowest BCUT2D eigenvalue weighted by Gasteiger charge is -2.18. The molecule has 19 heavy (non-hydrogen) atoms. The van der Waals surface area contributed by atoms with Crippen LogP contribution in [0.25, 0.3) is 0 Å². The largest absolute Gasteiger partial charge is 0.469 e. The van der Waals surface area contributed by atoms with Gasteiger partial charge in [-0.05, 0) is 37.1 Å². The van der Waals surface area contributed by atoms with Crippen LogP contribution in [0.3, 0.4) is 0 Å². The first-order valence-corrected chi connectivity index (χ1v) is 6.88. The van der Waals surface area contributed by atoms with Gasteiger partial charge in [-0.3, -0.25) is 9.59 Å². The molecule has 1 amide bonds. The summed E-state index contributed by atoms with van der Waals surface area (Å²) in [5.41, 5.74) is 2.99. The third-order valence-corrected chi connectivity index (χ3v) is 4.64. The normalized spacial score (nSPS) is 18.8. The van der Waals surface area contributed by atoms with Gasteiger partial charge in [0.05, 0.1) is 13.0 Å².